The number of carbonyl (C=O) groups is 2. The minimum atomic E-state index is -1.22. The van der Waals surface area contributed by atoms with Gasteiger partial charge in [0.2, 0.25) is 0 Å². The van der Waals surface area contributed by atoms with Crippen LogP contribution < -0.4 is 19.5 Å². The molecule has 0 bridgehead atoms. The fourth-order valence-electron chi connectivity index (χ4n) is 2.73. The van der Waals surface area contributed by atoms with Crippen LogP contribution in [0.1, 0.15) is 37.6 Å². The lowest BCUT2D eigenvalue weighted by molar-refractivity contribution is -0.384. The summed E-state index contributed by atoms with van der Waals surface area (Å²) in [7, 11) is 2.83. The maximum absolute atomic E-state index is 12.5. The highest BCUT2D eigenvalue weighted by molar-refractivity contribution is 5.98. The molecule has 0 heterocycles. The van der Waals surface area contributed by atoms with Crippen molar-refractivity contribution in [3.63, 3.8) is 0 Å². The van der Waals surface area contributed by atoms with Gasteiger partial charge in [-0.15, -0.1) is 0 Å². The molecular formula is C23H28N2O8. The summed E-state index contributed by atoms with van der Waals surface area (Å²) >= 11 is 0. The van der Waals surface area contributed by atoms with Gasteiger partial charge in [-0.05, 0) is 49.6 Å². The zero-order chi connectivity index (χ0) is 24.5. The number of rotatable bonds is 11. The molecule has 2 aromatic rings. The van der Waals surface area contributed by atoms with Crippen LogP contribution >= 0.6 is 0 Å². The Labute approximate surface area is 191 Å². The normalized spacial score (nSPS) is 11.5. The van der Waals surface area contributed by atoms with Crippen molar-refractivity contribution in [3.05, 3.63) is 52.1 Å². The second-order valence-electron chi connectivity index (χ2n) is 7.57. The van der Waals surface area contributed by atoms with E-state index in [1.807, 2.05) is 0 Å². The maximum Gasteiger partial charge on any atom is 0.339 e. The predicted octanol–water partition coefficient (Wildman–Crippen LogP) is 4.22. The van der Waals surface area contributed by atoms with Gasteiger partial charge in [-0.3, -0.25) is 14.9 Å². The number of nitro benzene ring substituents is 1. The van der Waals surface area contributed by atoms with Crippen LogP contribution in [0.15, 0.2) is 36.4 Å². The number of esters is 1. The van der Waals surface area contributed by atoms with Crippen LogP contribution in [-0.2, 0) is 9.53 Å². The molecule has 33 heavy (non-hydrogen) atoms. The number of hydrogen-bond donors (Lipinski definition) is 1. The minimum Gasteiger partial charge on any atom is -0.496 e. The second-order valence-corrected chi connectivity index (χ2v) is 7.57. The van der Waals surface area contributed by atoms with Gasteiger partial charge in [0.15, 0.2) is 17.6 Å². The Hall–Kier alpha value is -3.82. The first-order valence-corrected chi connectivity index (χ1v) is 10.3. The van der Waals surface area contributed by atoms with E-state index in [1.165, 1.54) is 51.5 Å². The third-order valence-corrected chi connectivity index (χ3v) is 4.66. The van der Waals surface area contributed by atoms with Crippen molar-refractivity contribution in [2.24, 2.45) is 5.92 Å². The SMILES string of the molecule is COc1ccc(NC(=O)C(C)OC(=O)c2ccc(OCCC(C)C)c(OC)c2)c([N+](=O)[O-])c1. The van der Waals surface area contributed by atoms with Gasteiger partial charge < -0.3 is 24.3 Å². The molecule has 0 aliphatic rings. The van der Waals surface area contributed by atoms with E-state index >= 15 is 0 Å². The lowest BCUT2D eigenvalue weighted by Crippen LogP contribution is -2.30. The van der Waals surface area contributed by atoms with Crippen molar-refractivity contribution in [1.29, 1.82) is 0 Å². The van der Waals surface area contributed by atoms with Crippen molar-refractivity contribution < 1.29 is 33.5 Å². The first-order valence-electron chi connectivity index (χ1n) is 10.3. The molecule has 10 nitrogen and oxygen atoms in total. The number of nitro groups is 1. The zero-order valence-electron chi connectivity index (χ0n) is 19.2. The van der Waals surface area contributed by atoms with E-state index in [2.05, 4.69) is 19.2 Å². The van der Waals surface area contributed by atoms with E-state index in [1.54, 1.807) is 6.07 Å². The Kier molecular flexibility index (Phi) is 9.02. The fourth-order valence-corrected chi connectivity index (χ4v) is 2.73. The summed E-state index contributed by atoms with van der Waals surface area (Å²) in [5, 5.41) is 13.7. The molecule has 2 aromatic carbocycles. The standard InChI is InChI=1S/C23H28N2O8/c1-14(2)10-11-32-20-9-6-16(12-21(20)31-5)23(27)33-15(3)22(26)24-18-8-7-17(30-4)13-19(18)25(28)29/h6-9,12-15H,10-11H2,1-5H3,(H,24,26). The number of anilines is 1. The van der Waals surface area contributed by atoms with E-state index in [-0.39, 0.29) is 22.7 Å². The highest BCUT2D eigenvalue weighted by Gasteiger charge is 2.23. The number of nitrogens with one attached hydrogen (secondary N) is 1. The van der Waals surface area contributed by atoms with Crippen molar-refractivity contribution in [3.8, 4) is 17.2 Å². The summed E-state index contributed by atoms with van der Waals surface area (Å²) in [4.78, 5) is 35.6. The van der Waals surface area contributed by atoms with Crippen molar-refractivity contribution >= 4 is 23.3 Å². The highest BCUT2D eigenvalue weighted by Crippen LogP contribution is 2.30. The van der Waals surface area contributed by atoms with Gasteiger partial charge in [0.25, 0.3) is 11.6 Å². The smallest absolute Gasteiger partial charge is 0.339 e. The molecule has 10 heteroatoms. The molecule has 0 aliphatic carbocycles. The van der Waals surface area contributed by atoms with Gasteiger partial charge in [0, 0.05) is 0 Å². The van der Waals surface area contributed by atoms with Crippen LogP contribution in [0.25, 0.3) is 0 Å². The number of nitrogens with zero attached hydrogens (tertiary/aromatic N) is 1. The van der Waals surface area contributed by atoms with Gasteiger partial charge >= 0.3 is 5.97 Å². The summed E-state index contributed by atoms with van der Waals surface area (Å²) in [6.07, 6.45) is -0.349. The number of carbonyl (C=O) groups excluding carboxylic acids is 2. The molecule has 0 radical (unpaired) electrons. The number of amides is 1. The molecule has 1 N–H and O–H groups in total. The van der Waals surface area contributed by atoms with Crippen molar-refractivity contribution in [2.75, 3.05) is 26.1 Å². The van der Waals surface area contributed by atoms with Crippen LogP contribution in [0.2, 0.25) is 0 Å². The van der Waals surface area contributed by atoms with E-state index in [0.29, 0.717) is 24.0 Å². The number of methoxy groups -OCH3 is 2. The summed E-state index contributed by atoms with van der Waals surface area (Å²) in [5.41, 5.74) is -0.226. The fraction of sp³-hybridized carbons (Fsp3) is 0.391. The molecule has 0 aromatic heterocycles. The predicted molar refractivity (Wildman–Crippen MR) is 121 cm³/mol. The topological polar surface area (TPSA) is 126 Å². The van der Waals surface area contributed by atoms with E-state index < -0.39 is 22.9 Å². The van der Waals surface area contributed by atoms with E-state index in [0.717, 1.165) is 6.42 Å². The van der Waals surface area contributed by atoms with Gasteiger partial charge in [-0.1, -0.05) is 13.8 Å². The van der Waals surface area contributed by atoms with E-state index in [4.69, 9.17) is 18.9 Å². The van der Waals surface area contributed by atoms with Gasteiger partial charge in [-0.25, -0.2) is 4.79 Å². The molecule has 0 fully saturated rings. The second kappa shape index (κ2) is 11.7. The molecule has 1 atom stereocenters. The molecule has 178 valence electrons. The Balaban J connectivity index is 2.06. The molecule has 2 rings (SSSR count). The van der Waals surface area contributed by atoms with E-state index in [9.17, 15) is 19.7 Å². The molecule has 0 saturated heterocycles. The van der Waals surface area contributed by atoms with Gasteiger partial charge in [0.05, 0.1) is 37.4 Å². The minimum absolute atomic E-state index is 0.0433. The van der Waals surface area contributed by atoms with Crippen LogP contribution in [0.3, 0.4) is 0 Å². The molecular weight excluding hydrogens is 432 g/mol. The largest absolute Gasteiger partial charge is 0.496 e. The van der Waals surface area contributed by atoms with Gasteiger partial charge in [-0.2, -0.15) is 0 Å². The van der Waals surface area contributed by atoms with Crippen LogP contribution in [0.4, 0.5) is 11.4 Å². The van der Waals surface area contributed by atoms with Crippen LogP contribution in [0, 0.1) is 16.0 Å². The third kappa shape index (κ3) is 7.09. The molecule has 0 aliphatic heterocycles. The van der Waals surface area contributed by atoms with Gasteiger partial charge in [0.1, 0.15) is 11.4 Å². The first-order chi connectivity index (χ1) is 15.7. The molecule has 0 spiro atoms. The molecule has 1 unspecified atom stereocenters. The molecule has 0 saturated carbocycles. The zero-order valence-corrected chi connectivity index (χ0v) is 19.2. The Morgan fingerprint density at radius 2 is 1.76 bits per heavy atom. The summed E-state index contributed by atoms with van der Waals surface area (Å²) < 4.78 is 21.2. The lowest BCUT2D eigenvalue weighted by Gasteiger charge is -2.15. The average Bonchev–Trinajstić information content (AvgIpc) is 2.78. The lowest BCUT2D eigenvalue weighted by atomic mass is 10.1. The quantitative estimate of drug-likeness (QED) is 0.300. The maximum atomic E-state index is 12.5. The first kappa shape index (κ1) is 25.4. The van der Waals surface area contributed by atoms with Crippen LogP contribution in [-0.4, -0.2) is 43.7 Å². The highest BCUT2D eigenvalue weighted by atomic mass is 16.6. The third-order valence-electron chi connectivity index (χ3n) is 4.66. The molecule has 1 amide bonds. The summed E-state index contributed by atoms with van der Waals surface area (Å²) in [5.74, 6) is 0.125. The monoisotopic (exact) mass is 460 g/mol. The van der Waals surface area contributed by atoms with Crippen LogP contribution in [0.5, 0.6) is 17.2 Å². The van der Waals surface area contributed by atoms with Crippen molar-refractivity contribution in [2.45, 2.75) is 33.3 Å². The Bertz CT molecular complexity index is 1010. The number of ether oxygens (including phenoxy) is 4. The average molecular weight is 460 g/mol. The van der Waals surface area contributed by atoms with Crippen molar-refractivity contribution in [1.82, 2.24) is 0 Å². The Morgan fingerprint density at radius 3 is 2.36 bits per heavy atom. The summed E-state index contributed by atoms with van der Waals surface area (Å²) in [6, 6.07) is 8.56. The number of hydrogen-bond acceptors (Lipinski definition) is 8. The Morgan fingerprint density at radius 1 is 1.03 bits per heavy atom. The summed E-state index contributed by atoms with van der Waals surface area (Å²) in [6.45, 7) is 6.05. The number of benzene rings is 2.